The Morgan fingerprint density at radius 1 is 1.26 bits per heavy atom. The van der Waals surface area contributed by atoms with Gasteiger partial charge in [0.1, 0.15) is 5.75 Å². The summed E-state index contributed by atoms with van der Waals surface area (Å²) in [6.07, 6.45) is 5.40. The van der Waals surface area contributed by atoms with Crippen molar-refractivity contribution in [1.82, 2.24) is 10.2 Å². The summed E-state index contributed by atoms with van der Waals surface area (Å²) >= 11 is 6.39. The van der Waals surface area contributed by atoms with Gasteiger partial charge in [0.2, 0.25) is 0 Å². The summed E-state index contributed by atoms with van der Waals surface area (Å²) in [5.74, 6) is 1.55. The lowest BCUT2D eigenvalue weighted by Crippen LogP contribution is -2.68. The number of rotatable bonds is 4. The first kappa shape index (κ1) is 19.5. The van der Waals surface area contributed by atoms with Crippen LogP contribution in [-0.2, 0) is 5.41 Å². The van der Waals surface area contributed by atoms with Crippen molar-refractivity contribution in [1.29, 1.82) is 0 Å². The lowest BCUT2D eigenvalue weighted by atomic mass is 9.57. The molecule has 27 heavy (non-hydrogen) atoms. The second kappa shape index (κ2) is 7.22. The first-order valence-electron chi connectivity index (χ1n) is 10.4. The van der Waals surface area contributed by atoms with Crippen LogP contribution in [0.25, 0.3) is 0 Å². The standard InChI is InChI=1S/C22H33ClN2O2/c1-15-12-19(23)20(27-3)13-18(15)21-6-9-24-10-7-22(21,26)16(2)25(11-8-21)14-17-4-5-17/h12-13,16-17,24,26H,4-11,14H2,1-3H3. The van der Waals surface area contributed by atoms with Crippen LogP contribution in [0.15, 0.2) is 12.1 Å². The van der Waals surface area contributed by atoms with Crippen molar-refractivity contribution in [3.05, 3.63) is 28.3 Å². The molecule has 0 spiro atoms. The van der Waals surface area contributed by atoms with Crippen molar-refractivity contribution >= 4 is 11.6 Å². The molecule has 2 aliphatic heterocycles. The molecule has 2 heterocycles. The van der Waals surface area contributed by atoms with Crippen LogP contribution < -0.4 is 10.1 Å². The average molecular weight is 393 g/mol. The maximum Gasteiger partial charge on any atom is 0.137 e. The van der Waals surface area contributed by atoms with E-state index < -0.39 is 5.60 Å². The van der Waals surface area contributed by atoms with Gasteiger partial charge in [0.05, 0.1) is 17.7 Å². The highest BCUT2D eigenvalue weighted by Crippen LogP contribution is 2.53. The monoisotopic (exact) mass is 392 g/mol. The highest BCUT2D eigenvalue weighted by molar-refractivity contribution is 6.32. The molecular formula is C22H33ClN2O2. The number of aliphatic hydroxyl groups is 1. The number of methoxy groups -OCH3 is 1. The van der Waals surface area contributed by atoms with Gasteiger partial charge in [-0.05, 0) is 94.8 Å². The molecule has 0 amide bonds. The van der Waals surface area contributed by atoms with Gasteiger partial charge in [-0.25, -0.2) is 0 Å². The minimum atomic E-state index is -0.757. The number of nitrogens with one attached hydrogen (secondary N) is 1. The van der Waals surface area contributed by atoms with Crippen LogP contribution in [0.2, 0.25) is 5.02 Å². The summed E-state index contributed by atoms with van der Waals surface area (Å²) in [6.45, 7) is 8.34. The van der Waals surface area contributed by atoms with Gasteiger partial charge in [0, 0.05) is 18.0 Å². The quantitative estimate of drug-likeness (QED) is 0.822. The fraction of sp³-hybridized carbons (Fsp3) is 0.727. The summed E-state index contributed by atoms with van der Waals surface area (Å²) in [5, 5.41) is 16.4. The van der Waals surface area contributed by atoms with Crippen molar-refractivity contribution in [2.75, 3.05) is 33.3 Å². The molecule has 1 aromatic carbocycles. The topological polar surface area (TPSA) is 44.7 Å². The minimum absolute atomic E-state index is 0.146. The molecule has 0 radical (unpaired) electrons. The minimum Gasteiger partial charge on any atom is -0.495 e. The van der Waals surface area contributed by atoms with E-state index in [1.807, 2.05) is 6.07 Å². The van der Waals surface area contributed by atoms with E-state index in [0.717, 1.165) is 56.9 Å². The molecule has 1 saturated carbocycles. The lowest BCUT2D eigenvalue weighted by Gasteiger charge is -2.58. The van der Waals surface area contributed by atoms with Crippen molar-refractivity contribution in [3.8, 4) is 5.75 Å². The van der Waals surface area contributed by atoms with Gasteiger partial charge in [0.15, 0.2) is 0 Å². The SMILES string of the molecule is COc1cc(C23CCNCCC2(O)C(C)N(CC2CC2)CC3)c(C)cc1Cl. The maximum atomic E-state index is 12.2. The Balaban J connectivity index is 1.80. The molecule has 4 nitrogen and oxygen atoms in total. The van der Waals surface area contributed by atoms with Crippen LogP contribution >= 0.6 is 11.6 Å². The predicted molar refractivity (Wildman–Crippen MR) is 110 cm³/mol. The van der Waals surface area contributed by atoms with Gasteiger partial charge in [-0.2, -0.15) is 0 Å². The Kier molecular flexibility index (Phi) is 5.21. The van der Waals surface area contributed by atoms with Crippen LogP contribution in [0.3, 0.4) is 0 Å². The fourth-order valence-electron chi connectivity index (χ4n) is 5.65. The van der Waals surface area contributed by atoms with Gasteiger partial charge in [-0.15, -0.1) is 0 Å². The average Bonchev–Trinajstić information content (AvgIpc) is 3.46. The molecule has 3 aliphatic rings. The van der Waals surface area contributed by atoms with E-state index in [0.29, 0.717) is 10.8 Å². The number of ether oxygens (including phenoxy) is 1. The molecule has 3 atom stereocenters. The summed E-state index contributed by atoms with van der Waals surface area (Å²) in [5.41, 5.74) is 1.35. The Labute approximate surface area is 168 Å². The van der Waals surface area contributed by atoms with Crippen LogP contribution in [0.5, 0.6) is 5.75 Å². The Bertz CT molecular complexity index is 708. The van der Waals surface area contributed by atoms with Crippen LogP contribution in [0, 0.1) is 12.8 Å². The largest absolute Gasteiger partial charge is 0.495 e. The third-order valence-electron chi connectivity index (χ3n) is 7.51. The molecule has 3 unspecified atom stereocenters. The van der Waals surface area contributed by atoms with Gasteiger partial charge >= 0.3 is 0 Å². The fourth-order valence-corrected chi connectivity index (χ4v) is 5.95. The van der Waals surface area contributed by atoms with Crippen LogP contribution in [-0.4, -0.2) is 54.9 Å². The zero-order valence-electron chi connectivity index (χ0n) is 16.9. The number of benzene rings is 1. The van der Waals surface area contributed by atoms with E-state index in [1.54, 1.807) is 7.11 Å². The highest BCUT2D eigenvalue weighted by Gasteiger charge is 2.59. The number of fused-ring (bicyclic) bond motifs is 1. The number of hydrogen-bond acceptors (Lipinski definition) is 4. The summed E-state index contributed by atoms with van der Waals surface area (Å²) in [4.78, 5) is 2.55. The first-order chi connectivity index (χ1) is 12.9. The smallest absolute Gasteiger partial charge is 0.137 e. The zero-order chi connectivity index (χ0) is 19.2. The molecule has 2 saturated heterocycles. The summed E-state index contributed by atoms with van der Waals surface area (Å²) in [6, 6.07) is 4.25. The number of aryl methyl sites for hydroxylation is 1. The normalized spacial score (nSPS) is 34.8. The Hall–Kier alpha value is -0.810. The van der Waals surface area contributed by atoms with E-state index >= 15 is 0 Å². The third kappa shape index (κ3) is 3.19. The number of halogens is 1. The van der Waals surface area contributed by atoms with Crippen molar-refractivity contribution in [2.45, 2.75) is 63.0 Å². The zero-order valence-corrected chi connectivity index (χ0v) is 17.6. The van der Waals surface area contributed by atoms with Crippen LogP contribution in [0.4, 0.5) is 0 Å². The lowest BCUT2D eigenvalue weighted by molar-refractivity contribution is -0.136. The highest BCUT2D eigenvalue weighted by atomic mass is 35.5. The maximum absolute atomic E-state index is 12.2. The number of likely N-dealkylation sites (tertiary alicyclic amines) is 1. The molecule has 4 rings (SSSR count). The predicted octanol–water partition coefficient (Wildman–Crippen LogP) is 3.51. The molecule has 5 heteroatoms. The molecular weight excluding hydrogens is 360 g/mol. The van der Waals surface area contributed by atoms with Gasteiger partial charge in [-0.1, -0.05) is 11.6 Å². The molecule has 1 aliphatic carbocycles. The Morgan fingerprint density at radius 3 is 2.70 bits per heavy atom. The second-order valence-electron chi connectivity index (χ2n) is 8.92. The van der Waals surface area contributed by atoms with Gasteiger partial charge < -0.3 is 15.2 Å². The van der Waals surface area contributed by atoms with Crippen molar-refractivity contribution < 1.29 is 9.84 Å². The first-order valence-corrected chi connectivity index (χ1v) is 10.8. The van der Waals surface area contributed by atoms with Crippen molar-refractivity contribution in [2.24, 2.45) is 5.92 Å². The van der Waals surface area contributed by atoms with E-state index in [1.165, 1.54) is 18.4 Å². The van der Waals surface area contributed by atoms with E-state index in [4.69, 9.17) is 16.3 Å². The van der Waals surface area contributed by atoms with E-state index in [2.05, 4.69) is 30.1 Å². The van der Waals surface area contributed by atoms with Crippen LogP contribution in [0.1, 0.15) is 50.2 Å². The van der Waals surface area contributed by atoms with E-state index in [-0.39, 0.29) is 11.5 Å². The molecule has 1 aromatic rings. The number of nitrogens with zero attached hydrogens (tertiary/aromatic N) is 1. The molecule has 0 aromatic heterocycles. The van der Waals surface area contributed by atoms with Crippen molar-refractivity contribution in [3.63, 3.8) is 0 Å². The molecule has 150 valence electrons. The molecule has 2 N–H and O–H groups in total. The summed E-state index contributed by atoms with van der Waals surface area (Å²) in [7, 11) is 1.67. The Morgan fingerprint density at radius 2 is 2.00 bits per heavy atom. The van der Waals surface area contributed by atoms with Gasteiger partial charge in [0.25, 0.3) is 0 Å². The number of hydrogen-bond donors (Lipinski definition) is 2. The van der Waals surface area contributed by atoms with Gasteiger partial charge in [-0.3, -0.25) is 4.90 Å². The third-order valence-corrected chi connectivity index (χ3v) is 7.80. The second-order valence-corrected chi connectivity index (χ2v) is 9.33. The molecule has 0 bridgehead atoms. The summed E-state index contributed by atoms with van der Waals surface area (Å²) < 4.78 is 5.54. The van der Waals surface area contributed by atoms with E-state index in [9.17, 15) is 5.11 Å². The molecule has 3 fully saturated rings. The number of piperidine rings is 1.